The normalized spacial score (nSPS) is 12.2. The molecule has 0 heterocycles. The van der Waals surface area contributed by atoms with Crippen LogP contribution in [0.15, 0.2) is 24.3 Å². The summed E-state index contributed by atoms with van der Waals surface area (Å²) in [7, 11) is 0. The van der Waals surface area contributed by atoms with E-state index in [1.807, 2.05) is 13.8 Å². The van der Waals surface area contributed by atoms with Crippen molar-refractivity contribution in [2.24, 2.45) is 0 Å². The lowest BCUT2D eigenvalue weighted by Crippen LogP contribution is -2.48. The Hall–Kier alpha value is -2.77. The summed E-state index contributed by atoms with van der Waals surface area (Å²) in [5.74, 6) is -0.970. The average molecular weight is 393 g/mol. The van der Waals surface area contributed by atoms with E-state index in [0.29, 0.717) is 5.56 Å². The number of hydrogen-bond donors (Lipinski definition) is 3. The average Bonchev–Trinajstić information content (AvgIpc) is 2.56. The monoisotopic (exact) mass is 393 g/mol. The lowest BCUT2D eigenvalue weighted by molar-refractivity contribution is -0.140. The molecule has 0 aromatic heterocycles. The van der Waals surface area contributed by atoms with E-state index in [0.717, 1.165) is 0 Å². The molecule has 0 spiro atoms. The van der Waals surface area contributed by atoms with Gasteiger partial charge in [0.05, 0.1) is 0 Å². The SMILES string of the molecule is CCN(C(=O)CNC(=O)OC(C)(C)C)C(C(=O)NC(C)C)c1ccccc1O. The lowest BCUT2D eigenvalue weighted by atomic mass is 10.0. The molecule has 1 aromatic rings. The second kappa shape index (κ2) is 9.96. The van der Waals surface area contributed by atoms with Gasteiger partial charge in [-0.15, -0.1) is 0 Å². The van der Waals surface area contributed by atoms with Gasteiger partial charge in [0.25, 0.3) is 0 Å². The summed E-state index contributed by atoms with van der Waals surface area (Å²) in [5.41, 5.74) is -0.374. The number of likely N-dealkylation sites (N-methyl/N-ethyl adjacent to an activating group) is 1. The maximum Gasteiger partial charge on any atom is 0.408 e. The Labute approximate surface area is 166 Å². The van der Waals surface area contributed by atoms with E-state index < -0.39 is 29.6 Å². The van der Waals surface area contributed by atoms with Gasteiger partial charge in [0.15, 0.2) is 0 Å². The molecule has 1 atom stereocenters. The van der Waals surface area contributed by atoms with Crippen molar-refractivity contribution in [1.29, 1.82) is 0 Å². The van der Waals surface area contributed by atoms with Crippen LogP contribution < -0.4 is 10.6 Å². The Morgan fingerprint density at radius 1 is 1.18 bits per heavy atom. The van der Waals surface area contributed by atoms with Crippen molar-refractivity contribution >= 4 is 17.9 Å². The molecule has 8 nitrogen and oxygen atoms in total. The predicted octanol–water partition coefficient (Wildman–Crippen LogP) is 2.33. The summed E-state index contributed by atoms with van der Waals surface area (Å²) < 4.78 is 5.13. The number of carbonyl (C=O) groups excluding carboxylic acids is 3. The van der Waals surface area contributed by atoms with Crippen LogP contribution in [0.25, 0.3) is 0 Å². The van der Waals surface area contributed by atoms with E-state index in [2.05, 4.69) is 10.6 Å². The third-order valence-electron chi connectivity index (χ3n) is 3.67. The Morgan fingerprint density at radius 2 is 1.79 bits per heavy atom. The Balaban J connectivity index is 3.05. The lowest BCUT2D eigenvalue weighted by Gasteiger charge is -2.31. The molecule has 156 valence electrons. The number of benzene rings is 1. The summed E-state index contributed by atoms with van der Waals surface area (Å²) in [4.78, 5) is 38.7. The summed E-state index contributed by atoms with van der Waals surface area (Å²) >= 11 is 0. The molecule has 0 aliphatic carbocycles. The smallest absolute Gasteiger partial charge is 0.408 e. The first-order chi connectivity index (χ1) is 13.0. The zero-order valence-electron chi connectivity index (χ0n) is 17.4. The number of nitrogens with one attached hydrogen (secondary N) is 2. The number of nitrogens with zero attached hydrogens (tertiary/aromatic N) is 1. The first-order valence-corrected chi connectivity index (χ1v) is 9.30. The fourth-order valence-corrected chi connectivity index (χ4v) is 2.60. The van der Waals surface area contributed by atoms with Gasteiger partial charge < -0.3 is 25.4 Å². The van der Waals surface area contributed by atoms with E-state index in [4.69, 9.17) is 4.74 Å². The summed E-state index contributed by atoms with van der Waals surface area (Å²) in [5, 5.41) is 15.4. The summed E-state index contributed by atoms with van der Waals surface area (Å²) in [6.45, 7) is 10.4. The molecular formula is C20H31N3O5. The van der Waals surface area contributed by atoms with E-state index in [1.54, 1.807) is 45.9 Å². The largest absolute Gasteiger partial charge is 0.508 e. The Kier molecular flexibility index (Phi) is 8.28. The molecule has 0 fully saturated rings. The minimum atomic E-state index is -1.03. The van der Waals surface area contributed by atoms with Gasteiger partial charge in [-0.3, -0.25) is 9.59 Å². The highest BCUT2D eigenvalue weighted by Gasteiger charge is 2.32. The van der Waals surface area contributed by atoms with Crippen LogP contribution in [-0.4, -0.2) is 52.6 Å². The van der Waals surface area contributed by atoms with Crippen molar-refractivity contribution < 1.29 is 24.2 Å². The van der Waals surface area contributed by atoms with E-state index in [-0.39, 0.29) is 24.9 Å². The van der Waals surface area contributed by atoms with Crippen LogP contribution in [-0.2, 0) is 14.3 Å². The minimum Gasteiger partial charge on any atom is -0.508 e. The van der Waals surface area contributed by atoms with Gasteiger partial charge in [-0.05, 0) is 47.6 Å². The summed E-state index contributed by atoms with van der Waals surface area (Å²) in [6, 6.07) is 5.20. The number of carbonyl (C=O) groups is 3. The minimum absolute atomic E-state index is 0.0854. The van der Waals surface area contributed by atoms with Crippen molar-refractivity contribution in [1.82, 2.24) is 15.5 Å². The number of alkyl carbamates (subject to hydrolysis) is 1. The van der Waals surface area contributed by atoms with Crippen molar-refractivity contribution in [3.8, 4) is 5.75 Å². The molecule has 1 unspecified atom stereocenters. The van der Waals surface area contributed by atoms with Crippen LogP contribution in [0, 0.1) is 0 Å². The topological polar surface area (TPSA) is 108 Å². The van der Waals surface area contributed by atoms with E-state index >= 15 is 0 Å². The van der Waals surface area contributed by atoms with Crippen molar-refractivity contribution in [2.45, 2.75) is 59.2 Å². The van der Waals surface area contributed by atoms with Gasteiger partial charge >= 0.3 is 6.09 Å². The number of hydrogen-bond acceptors (Lipinski definition) is 5. The number of aromatic hydroxyl groups is 1. The standard InChI is InChI=1S/C20H31N3O5/c1-7-23(16(25)12-21-19(27)28-20(4,5)6)17(18(26)22-13(2)3)14-10-8-9-11-15(14)24/h8-11,13,17,24H,7,12H2,1-6H3,(H,21,27)(H,22,26). The van der Waals surface area contributed by atoms with Gasteiger partial charge in [-0.1, -0.05) is 18.2 Å². The maximum atomic E-state index is 12.8. The highest BCUT2D eigenvalue weighted by molar-refractivity contribution is 5.91. The fourth-order valence-electron chi connectivity index (χ4n) is 2.60. The Morgan fingerprint density at radius 3 is 2.29 bits per heavy atom. The zero-order chi connectivity index (χ0) is 21.5. The number of phenols is 1. The third kappa shape index (κ3) is 7.09. The highest BCUT2D eigenvalue weighted by Crippen LogP contribution is 2.29. The van der Waals surface area contributed by atoms with Crippen molar-refractivity contribution in [3.05, 3.63) is 29.8 Å². The maximum absolute atomic E-state index is 12.8. The highest BCUT2D eigenvalue weighted by atomic mass is 16.6. The van der Waals surface area contributed by atoms with E-state index in [9.17, 15) is 19.5 Å². The molecule has 1 rings (SSSR count). The van der Waals surface area contributed by atoms with Gasteiger partial charge in [-0.25, -0.2) is 4.79 Å². The molecule has 1 aromatic carbocycles. The first-order valence-electron chi connectivity index (χ1n) is 9.30. The molecule has 3 amide bonds. The van der Waals surface area contributed by atoms with Gasteiger partial charge in [-0.2, -0.15) is 0 Å². The molecule has 0 aliphatic heterocycles. The zero-order valence-corrected chi connectivity index (χ0v) is 17.4. The molecule has 0 aliphatic rings. The predicted molar refractivity (Wildman–Crippen MR) is 106 cm³/mol. The number of ether oxygens (including phenoxy) is 1. The van der Waals surface area contributed by atoms with Crippen LogP contribution in [0.4, 0.5) is 4.79 Å². The molecular weight excluding hydrogens is 362 g/mol. The van der Waals surface area contributed by atoms with Crippen LogP contribution in [0.3, 0.4) is 0 Å². The molecule has 0 bridgehead atoms. The number of para-hydroxylation sites is 1. The first kappa shape index (κ1) is 23.3. The molecule has 0 radical (unpaired) electrons. The van der Waals surface area contributed by atoms with Crippen LogP contribution in [0.2, 0.25) is 0 Å². The van der Waals surface area contributed by atoms with Crippen LogP contribution in [0.1, 0.15) is 53.1 Å². The molecule has 0 saturated heterocycles. The quantitative estimate of drug-likeness (QED) is 0.659. The third-order valence-corrected chi connectivity index (χ3v) is 3.67. The van der Waals surface area contributed by atoms with Crippen LogP contribution in [0.5, 0.6) is 5.75 Å². The second-order valence-electron chi connectivity index (χ2n) is 7.66. The molecule has 8 heteroatoms. The molecule has 3 N–H and O–H groups in total. The fraction of sp³-hybridized carbons (Fsp3) is 0.550. The van der Waals surface area contributed by atoms with Gasteiger partial charge in [0.1, 0.15) is 23.9 Å². The Bertz CT molecular complexity index is 697. The molecule has 0 saturated carbocycles. The van der Waals surface area contributed by atoms with Crippen LogP contribution >= 0.6 is 0 Å². The number of amides is 3. The van der Waals surface area contributed by atoms with E-state index in [1.165, 1.54) is 11.0 Å². The van der Waals surface area contributed by atoms with Gasteiger partial charge in [0.2, 0.25) is 11.8 Å². The van der Waals surface area contributed by atoms with Gasteiger partial charge in [0, 0.05) is 18.2 Å². The van der Waals surface area contributed by atoms with Crippen molar-refractivity contribution in [3.63, 3.8) is 0 Å². The molecule has 28 heavy (non-hydrogen) atoms. The number of phenolic OH excluding ortho intramolecular Hbond substituents is 1. The number of rotatable bonds is 7. The second-order valence-corrected chi connectivity index (χ2v) is 7.66. The summed E-state index contributed by atoms with van der Waals surface area (Å²) in [6.07, 6.45) is -0.720. The van der Waals surface area contributed by atoms with Crippen molar-refractivity contribution in [2.75, 3.05) is 13.1 Å².